The van der Waals surface area contributed by atoms with Gasteiger partial charge in [-0.2, -0.15) is 0 Å². The lowest BCUT2D eigenvalue weighted by atomic mass is 9.94. The first-order valence-corrected chi connectivity index (χ1v) is 14.3. The summed E-state index contributed by atoms with van der Waals surface area (Å²) in [6, 6.07) is 18.8. The minimum Gasteiger partial charge on any atom is -0.493 e. The van der Waals surface area contributed by atoms with Crippen molar-refractivity contribution >= 4 is 32.6 Å². The van der Waals surface area contributed by atoms with Gasteiger partial charge >= 0.3 is 0 Å². The molecule has 2 aliphatic heterocycles. The van der Waals surface area contributed by atoms with Crippen LogP contribution < -0.4 is 23.7 Å². The van der Waals surface area contributed by atoms with E-state index in [-0.39, 0.29) is 42.4 Å². The smallest absolute Gasteiger partial charge is 0.261 e. The van der Waals surface area contributed by atoms with Crippen LogP contribution in [0.3, 0.4) is 0 Å². The molecule has 0 atom stereocenters. The van der Waals surface area contributed by atoms with Crippen molar-refractivity contribution in [2.45, 2.75) is 17.9 Å². The number of carbonyl (C=O) groups is 2. The molecule has 42 heavy (non-hydrogen) atoms. The first-order valence-electron chi connectivity index (χ1n) is 12.8. The van der Waals surface area contributed by atoms with E-state index in [1.165, 1.54) is 20.3 Å². The Labute approximate surface area is 241 Å². The molecule has 0 unspecified atom stereocenters. The van der Waals surface area contributed by atoms with Crippen molar-refractivity contribution in [3.63, 3.8) is 0 Å². The Balaban J connectivity index is 0.00000353. The first-order chi connectivity index (χ1) is 19.8. The van der Waals surface area contributed by atoms with Crippen LogP contribution in [0.1, 0.15) is 31.8 Å². The molecule has 3 N–H and O–H groups in total. The summed E-state index contributed by atoms with van der Waals surface area (Å²) in [6.07, 6.45) is 0.0594. The molecule has 4 aromatic carbocycles. The molecule has 218 valence electrons. The zero-order valence-corrected chi connectivity index (χ0v) is 23.6. The molecule has 2 aliphatic rings. The number of fused-ring (bicyclic) bond motifs is 1. The lowest BCUT2D eigenvalue weighted by Gasteiger charge is -2.27. The second-order valence-corrected chi connectivity index (χ2v) is 11.2. The fourth-order valence-corrected chi connectivity index (χ4v) is 6.51. The molecule has 0 aliphatic carbocycles. The Morgan fingerprint density at radius 1 is 0.857 bits per heavy atom. The van der Waals surface area contributed by atoms with Crippen molar-refractivity contribution in [3.8, 4) is 23.0 Å². The number of carbonyl (C=O) groups excluding carboxylic acids is 2. The molecule has 12 heteroatoms. The van der Waals surface area contributed by atoms with E-state index in [0.29, 0.717) is 44.9 Å². The second kappa shape index (κ2) is 11.3. The highest BCUT2D eigenvalue weighted by molar-refractivity contribution is 7.89. The van der Waals surface area contributed by atoms with Crippen molar-refractivity contribution in [3.05, 3.63) is 89.0 Å². The zero-order valence-electron chi connectivity index (χ0n) is 22.8. The van der Waals surface area contributed by atoms with E-state index in [2.05, 4.69) is 4.72 Å². The molecule has 4 aromatic rings. The standard InChI is InChI=1S/C30H26N2O8S.H2O/c1-37-24-14-19(12-13-32-29(33)21-9-3-6-18-7-4-10-22(27(18)21)30(32)34)26(15-25(24)38-2)41(35,36)31-16-20-8-5-11-23-28(20)40-17-39-23;/h3-11,14-15,31H,12-13,16-17H2,1-2H3;1H2. The van der Waals surface area contributed by atoms with Crippen molar-refractivity contribution in [2.24, 2.45) is 0 Å². The molecule has 0 aromatic heterocycles. The van der Waals surface area contributed by atoms with Crippen LogP contribution in [0.2, 0.25) is 0 Å². The number of imide groups is 1. The van der Waals surface area contributed by atoms with Gasteiger partial charge in [0.25, 0.3) is 11.8 Å². The van der Waals surface area contributed by atoms with E-state index in [0.717, 1.165) is 10.3 Å². The molecular formula is C30H28N2O9S. The van der Waals surface area contributed by atoms with E-state index in [1.54, 1.807) is 48.5 Å². The van der Waals surface area contributed by atoms with E-state index in [9.17, 15) is 18.0 Å². The maximum atomic E-state index is 13.6. The normalized spacial score (nSPS) is 13.7. The number of amides is 2. The van der Waals surface area contributed by atoms with E-state index in [1.807, 2.05) is 12.1 Å². The number of para-hydroxylation sites is 1. The van der Waals surface area contributed by atoms with Gasteiger partial charge in [-0.25, -0.2) is 13.1 Å². The molecule has 11 nitrogen and oxygen atoms in total. The van der Waals surface area contributed by atoms with Crippen LogP contribution >= 0.6 is 0 Å². The third-order valence-electron chi connectivity index (χ3n) is 7.25. The highest BCUT2D eigenvalue weighted by atomic mass is 32.2. The second-order valence-electron chi connectivity index (χ2n) is 9.51. The summed E-state index contributed by atoms with van der Waals surface area (Å²) in [4.78, 5) is 27.9. The molecule has 0 spiro atoms. The van der Waals surface area contributed by atoms with Crippen molar-refractivity contribution < 1.29 is 42.4 Å². The van der Waals surface area contributed by atoms with Gasteiger partial charge in [-0.3, -0.25) is 14.5 Å². The highest BCUT2D eigenvalue weighted by Crippen LogP contribution is 2.37. The number of hydrogen-bond acceptors (Lipinski definition) is 8. The number of hydrogen-bond donors (Lipinski definition) is 1. The summed E-state index contributed by atoms with van der Waals surface area (Å²) < 4.78 is 51.6. The molecule has 6 rings (SSSR count). The summed E-state index contributed by atoms with van der Waals surface area (Å²) in [5.41, 5.74) is 1.83. The maximum absolute atomic E-state index is 13.6. The number of methoxy groups -OCH3 is 2. The van der Waals surface area contributed by atoms with Crippen LogP contribution in [0.4, 0.5) is 0 Å². The SMILES string of the molecule is COc1cc(CCN2C(=O)c3cccc4cccc(c34)C2=O)c(S(=O)(=O)NCc2cccc3c2OCO3)cc1OC.O. The third kappa shape index (κ3) is 4.89. The van der Waals surface area contributed by atoms with Gasteiger partial charge in [0.1, 0.15) is 0 Å². The molecule has 0 radical (unpaired) electrons. The van der Waals surface area contributed by atoms with Gasteiger partial charge in [0.15, 0.2) is 23.0 Å². The van der Waals surface area contributed by atoms with E-state index >= 15 is 0 Å². The van der Waals surface area contributed by atoms with E-state index < -0.39 is 21.8 Å². The Morgan fingerprint density at radius 3 is 2.17 bits per heavy atom. The summed E-state index contributed by atoms with van der Waals surface area (Å²) in [6.45, 7) is -0.0316. The minimum absolute atomic E-state index is 0. The molecule has 2 amide bonds. The summed E-state index contributed by atoms with van der Waals surface area (Å²) in [5, 5.41) is 1.43. The van der Waals surface area contributed by atoms with Gasteiger partial charge in [0.05, 0.1) is 19.1 Å². The van der Waals surface area contributed by atoms with Crippen LogP contribution in [-0.4, -0.2) is 58.2 Å². The van der Waals surface area contributed by atoms with Crippen LogP contribution in [0.15, 0.2) is 71.6 Å². The summed E-state index contributed by atoms with van der Waals surface area (Å²) in [5.74, 6) is 0.714. The van der Waals surface area contributed by atoms with Gasteiger partial charge in [0.2, 0.25) is 16.8 Å². The van der Waals surface area contributed by atoms with Crippen molar-refractivity contribution in [1.29, 1.82) is 0 Å². The van der Waals surface area contributed by atoms with Gasteiger partial charge in [-0.15, -0.1) is 0 Å². The molecule has 2 heterocycles. The van der Waals surface area contributed by atoms with Gasteiger partial charge in [0, 0.05) is 41.2 Å². The molecule has 0 saturated heterocycles. The van der Waals surface area contributed by atoms with Gasteiger partial charge in [-0.1, -0.05) is 36.4 Å². The number of nitrogens with zero attached hydrogens (tertiary/aromatic N) is 1. The Bertz CT molecular complexity index is 1770. The molecule has 0 saturated carbocycles. The third-order valence-corrected chi connectivity index (χ3v) is 8.73. The number of nitrogens with one attached hydrogen (secondary N) is 1. The lowest BCUT2D eigenvalue weighted by Crippen LogP contribution is -2.41. The lowest BCUT2D eigenvalue weighted by molar-refractivity contribution is 0.0612. The van der Waals surface area contributed by atoms with E-state index in [4.69, 9.17) is 18.9 Å². The Morgan fingerprint density at radius 2 is 1.50 bits per heavy atom. The zero-order chi connectivity index (χ0) is 28.7. The Hall–Kier alpha value is -4.65. The van der Waals surface area contributed by atoms with Crippen LogP contribution in [0.5, 0.6) is 23.0 Å². The summed E-state index contributed by atoms with van der Waals surface area (Å²) >= 11 is 0. The molecule has 0 bridgehead atoms. The number of sulfonamides is 1. The number of benzene rings is 4. The quantitative estimate of drug-likeness (QED) is 0.291. The average Bonchev–Trinajstić information content (AvgIpc) is 3.48. The largest absolute Gasteiger partial charge is 0.493 e. The van der Waals surface area contributed by atoms with Crippen LogP contribution in [0, 0.1) is 0 Å². The fraction of sp³-hybridized carbons (Fsp3) is 0.200. The topological polar surface area (TPSA) is 152 Å². The minimum atomic E-state index is -4.10. The first kappa shape index (κ1) is 28.9. The molecule has 0 fully saturated rings. The molecular weight excluding hydrogens is 564 g/mol. The average molecular weight is 593 g/mol. The number of ether oxygens (including phenoxy) is 4. The van der Waals surface area contributed by atoms with Crippen molar-refractivity contribution in [1.82, 2.24) is 9.62 Å². The summed E-state index contributed by atoms with van der Waals surface area (Å²) in [7, 11) is -1.24. The van der Waals surface area contributed by atoms with Crippen LogP contribution in [0.25, 0.3) is 10.8 Å². The highest BCUT2D eigenvalue weighted by Gasteiger charge is 2.33. The van der Waals surface area contributed by atoms with Gasteiger partial charge < -0.3 is 24.4 Å². The fourth-order valence-electron chi connectivity index (χ4n) is 5.24. The van der Waals surface area contributed by atoms with Crippen LogP contribution in [-0.2, 0) is 23.0 Å². The predicted octanol–water partition coefficient (Wildman–Crippen LogP) is 3.08. The number of rotatable bonds is 9. The maximum Gasteiger partial charge on any atom is 0.261 e. The Kier molecular flexibility index (Phi) is 7.78. The monoisotopic (exact) mass is 592 g/mol. The predicted molar refractivity (Wildman–Crippen MR) is 153 cm³/mol. The van der Waals surface area contributed by atoms with Gasteiger partial charge in [-0.05, 0) is 41.6 Å². The van der Waals surface area contributed by atoms with Crippen molar-refractivity contribution in [2.75, 3.05) is 27.6 Å².